The Kier molecular flexibility index (Phi) is 5.56. The van der Waals surface area contributed by atoms with Crippen molar-refractivity contribution in [2.24, 2.45) is 5.92 Å². The van der Waals surface area contributed by atoms with E-state index in [0.717, 1.165) is 0 Å². The second kappa shape index (κ2) is 6.45. The van der Waals surface area contributed by atoms with Crippen molar-refractivity contribution in [3.8, 4) is 0 Å². The van der Waals surface area contributed by atoms with Crippen LogP contribution in [-0.2, 0) is 11.2 Å². The molecule has 0 spiro atoms. The van der Waals surface area contributed by atoms with Crippen LogP contribution >= 0.6 is 22.6 Å². The number of hydrogen-bond acceptors (Lipinski definition) is 2. The molecule has 0 aliphatic rings. The van der Waals surface area contributed by atoms with Crippen LogP contribution in [0.4, 0.5) is 0 Å². The zero-order valence-electron chi connectivity index (χ0n) is 9.11. The number of hydrogen-bond donors (Lipinski definition) is 1. The van der Waals surface area contributed by atoms with Gasteiger partial charge in [-0.25, -0.2) is 0 Å². The van der Waals surface area contributed by atoms with Crippen molar-refractivity contribution in [3.63, 3.8) is 0 Å². The van der Waals surface area contributed by atoms with Crippen molar-refractivity contribution in [2.75, 3.05) is 13.7 Å². The highest BCUT2D eigenvalue weighted by molar-refractivity contribution is 14.1. The second-order valence-corrected chi connectivity index (χ2v) is 5.08. The molecule has 2 unspecified atom stereocenters. The second-order valence-electron chi connectivity index (χ2n) is 3.83. The molecule has 0 radical (unpaired) electrons. The van der Waals surface area contributed by atoms with E-state index in [0.29, 0.717) is 13.0 Å². The summed E-state index contributed by atoms with van der Waals surface area (Å²) in [5.41, 5.74) is 1.17. The van der Waals surface area contributed by atoms with Crippen molar-refractivity contribution in [1.29, 1.82) is 0 Å². The number of aliphatic hydroxyl groups is 1. The molecule has 0 saturated heterocycles. The molecule has 0 bridgehead atoms. The molecule has 0 aliphatic carbocycles. The third kappa shape index (κ3) is 4.49. The Morgan fingerprint density at radius 2 is 1.93 bits per heavy atom. The maximum Gasteiger partial charge on any atom is 0.0628 e. The molecular weight excluding hydrogens is 303 g/mol. The first-order chi connectivity index (χ1) is 7.13. The first-order valence-electron chi connectivity index (χ1n) is 5.05. The monoisotopic (exact) mass is 320 g/mol. The van der Waals surface area contributed by atoms with Crippen LogP contribution in [0.5, 0.6) is 0 Å². The van der Waals surface area contributed by atoms with Crippen LogP contribution in [-0.4, -0.2) is 24.9 Å². The van der Waals surface area contributed by atoms with Crippen molar-refractivity contribution in [2.45, 2.75) is 19.4 Å². The Labute approximate surface area is 105 Å². The molecule has 0 fully saturated rings. The normalized spacial score (nSPS) is 14.9. The summed E-state index contributed by atoms with van der Waals surface area (Å²) in [4.78, 5) is 0. The van der Waals surface area contributed by atoms with E-state index in [2.05, 4.69) is 46.9 Å². The molecule has 1 rings (SSSR count). The van der Waals surface area contributed by atoms with Crippen LogP contribution in [0.2, 0.25) is 0 Å². The minimum atomic E-state index is -0.329. The lowest BCUT2D eigenvalue weighted by Crippen LogP contribution is -2.24. The fraction of sp³-hybridized carbons (Fsp3) is 0.500. The van der Waals surface area contributed by atoms with Gasteiger partial charge in [0.25, 0.3) is 0 Å². The highest BCUT2D eigenvalue weighted by atomic mass is 127. The molecule has 0 aliphatic heterocycles. The molecule has 0 aromatic heterocycles. The van der Waals surface area contributed by atoms with Gasteiger partial charge >= 0.3 is 0 Å². The maximum absolute atomic E-state index is 9.89. The van der Waals surface area contributed by atoms with Crippen LogP contribution in [0.25, 0.3) is 0 Å². The van der Waals surface area contributed by atoms with Gasteiger partial charge < -0.3 is 9.84 Å². The van der Waals surface area contributed by atoms with E-state index >= 15 is 0 Å². The van der Waals surface area contributed by atoms with Crippen LogP contribution in [0.15, 0.2) is 24.3 Å². The summed E-state index contributed by atoms with van der Waals surface area (Å²) in [6.07, 6.45) is 0.367. The summed E-state index contributed by atoms with van der Waals surface area (Å²) in [5.74, 6) is 0.175. The van der Waals surface area contributed by atoms with Gasteiger partial charge in [-0.3, -0.25) is 0 Å². The zero-order chi connectivity index (χ0) is 11.3. The highest BCUT2D eigenvalue weighted by Crippen LogP contribution is 2.13. The van der Waals surface area contributed by atoms with E-state index in [1.165, 1.54) is 9.13 Å². The number of aliphatic hydroxyl groups excluding tert-OH is 1. The van der Waals surface area contributed by atoms with E-state index in [-0.39, 0.29) is 12.0 Å². The predicted octanol–water partition coefficient (Wildman–Crippen LogP) is 2.48. The summed E-state index contributed by atoms with van der Waals surface area (Å²) >= 11 is 2.27. The van der Waals surface area contributed by atoms with Crippen LogP contribution in [0, 0.1) is 9.49 Å². The largest absolute Gasteiger partial charge is 0.392 e. The van der Waals surface area contributed by atoms with Crippen LogP contribution in [0.1, 0.15) is 12.5 Å². The highest BCUT2D eigenvalue weighted by Gasteiger charge is 2.14. The molecule has 84 valence electrons. The number of halogens is 1. The minimum absolute atomic E-state index is 0.175. The third-order valence-electron chi connectivity index (χ3n) is 2.44. The number of benzene rings is 1. The van der Waals surface area contributed by atoms with Crippen molar-refractivity contribution >= 4 is 22.6 Å². The summed E-state index contributed by atoms with van der Waals surface area (Å²) in [6.45, 7) is 2.60. The Balaban J connectivity index is 2.50. The fourth-order valence-corrected chi connectivity index (χ4v) is 1.80. The van der Waals surface area contributed by atoms with Gasteiger partial charge in [0.05, 0.1) is 12.7 Å². The lowest BCUT2D eigenvalue weighted by molar-refractivity contribution is 0.0575. The average Bonchev–Trinajstić information content (AvgIpc) is 2.22. The first-order valence-corrected chi connectivity index (χ1v) is 6.12. The summed E-state index contributed by atoms with van der Waals surface area (Å²) < 4.78 is 6.24. The Morgan fingerprint density at radius 3 is 2.47 bits per heavy atom. The quantitative estimate of drug-likeness (QED) is 0.845. The molecule has 1 N–H and O–H groups in total. The number of methoxy groups -OCH3 is 1. The average molecular weight is 320 g/mol. The maximum atomic E-state index is 9.89. The molecule has 2 atom stereocenters. The van der Waals surface area contributed by atoms with Crippen molar-refractivity contribution in [1.82, 2.24) is 0 Å². The van der Waals surface area contributed by atoms with Gasteiger partial charge in [0.1, 0.15) is 0 Å². The van der Waals surface area contributed by atoms with E-state index in [1.54, 1.807) is 7.11 Å². The summed E-state index contributed by atoms with van der Waals surface area (Å²) in [5, 5.41) is 9.89. The lowest BCUT2D eigenvalue weighted by Gasteiger charge is -2.17. The molecule has 0 amide bonds. The van der Waals surface area contributed by atoms with Gasteiger partial charge in [-0.2, -0.15) is 0 Å². The molecule has 1 aromatic carbocycles. The van der Waals surface area contributed by atoms with Crippen molar-refractivity contribution in [3.05, 3.63) is 33.4 Å². The van der Waals surface area contributed by atoms with E-state index in [1.807, 2.05) is 6.92 Å². The van der Waals surface area contributed by atoms with Gasteiger partial charge in [-0.1, -0.05) is 19.1 Å². The van der Waals surface area contributed by atoms with Gasteiger partial charge in [0.15, 0.2) is 0 Å². The molecule has 0 heterocycles. The Bertz CT molecular complexity index is 284. The standard InChI is InChI=1S/C12H17IO2/c1-9(8-15-2)12(14)7-10-3-5-11(13)6-4-10/h3-6,9,12,14H,7-8H2,1-2H3. The van der Waals surface area contributed by atoms with Gasteiger partial charge in [0.2, 0.25) is 0 Å². The SMILES string of the molecule is COCC(C)C(O)Cc1ccc(I)cc1. The Morgan fingerprint density at radius 1 is 1.33 bits per heavy atom. The van der Waals surface area contributed by atoms with Crippen LogP contribution in [0.3, 0.4) is 0 Å². The number of ether oxygens (including phenoxy) is 1. The van der Waals surface area contributed by atoms with E-state index in [9.17, 15) is 5.11 Å². The third-order valence-corrected chi connectivity index (χ3v) is 3.16. The summed E-state index contributed by atoms with van der Waals surface area (Å²) in [7, 11) is 1.66. The molecule has 0 saturated carbocycles. The molecule has 2 nitrogen and oxygen atoms in total. The Hall–Kier alpha value is -0.130. The minimum Gasteiger partial charge on any atom is -0.392 e. The van der Waals surface area contributed by atoms with Gasteiger partial charge in [0, 0.05) is 16.6 Å². The van der Waals surface area contributed by atoms with Gasteiger partial charge in [-0.15, -0.1) is 0 Å². The topological polar surface area (TPSA) is 29.5 Å². The van der Waals surface area contributed by atoms with Gasteiger partial charge in [-0.05, 0) is 46.7 Å². The smallest absolute Gasteiger partial charge is 0.0628 e. The molecular formula is C12H17IO2. The molecule has 1 aromatic rings. The number of rotatable bonds is 5. The van der Waals surface area contributed by atoms with E-state index in [4.69, 9.17) is 4.74 Å². The fourth-order valence-electron chi connectivity index (χ4n) is 1.44. The zero-order valence-corrected chi connectivity index (χ0v) is 11.3. The molecule has 3 heteroatoms. The predicted molar refractivity (Wildman–Crippen MR) is 69.9 cm³/mol. The van der Waals surface area contributed by atoms with Crippen molar-refractivity contribution < 1.29 is 9.84 Å². The summed E-state index contributed by atoms with van der Waals surface area (Å²) in [6, 6.07) is 8.24. The lowest BCUT2D eigenvalue weighted by atomic mass is 9.98. The van der Waals surface area contributed by atoms with E-state index < -0.39 is 0 Å². The van der Waals surface area contributed by atoms with Crippen LogP contribution < -0.4 is 0 Å². The molecule has 15 heavy (non-hydrogen) atoms. The first kappa shape index (κ1) is 12.9.